The lowest BCUT2D eigenvalue weighted by atomic mass is 10.0. The monoisotopic (exact) mass is 276 g/mol. The Hall–Kier alpha value is -1.84. The molecule has 0 aliphatic carbocycles. The summed E-state index contributed by atoms with van der Waals surface area (Å²) in [5.74, 6) is -0.205. The molecule has 6 nitrogen and oxygen atoms in total. The number of aliphatic hydroxyl groups is 1. The molecule has 1 saturated heterocycles. The van der Waals surface area contributed by atoms with Crippen LogP contribution in [0, 0.1) is 11.3 Å². The van der Waals surface area contributed by atoms with Crippen molar-refractivity contribution in [3.05, 3.63) is 23.5 Å². The molecule has 1 amide bonds. The summed E-state index contributed by atoms with van der Waals surface area (Å²) in [6.45, 7) is 2.43. The Kier molecular flexibility index (Phi) is 5.16. The quantitative estimate of drug-likeness (QED) is 0.728. The van der Waals surface area contributed by atoms with Crippen molar-refractivity contribution in [1.29, 1.82) is 5.26 Å². The van der Waals surface area contributed by atoms with Crippen LogP contribution in [0.2, 0.25) is 0 Å². The van der Waals surface area contributed by atoms with Crippen LogP contribution in [0.1, 0.15) is 35.3 Å². The number of nitrogens with one attached hydrogen (secondary N) is 2. The molecule has 6 heteroatoms. The molecule has 0 spiro atoms. The summed E-state index contributed by atoms with van der Waals surface area (Å²) >= 11 is 0. The lowest BCUT2D eigenvalue weighted by molar-refractivity contribution is 0.0847. The van der Waals surface area contributed by atoms with Gasteiger partial charge in [0.15, 0.2) is 0 Å². The number of carbonyl (C=O) groups excluding carboxylic acids is 1. The minimum Gasteiger partial charge on any atom is -0.395 e. The molecule has 108 valence electrons. The molecular formula is C14H20N4O2. The van der Waals surface area contributed by atoms with Crippen molar-refractivity contribution >= 4 is 5.91 Å². The van der Waals surface area contributed by atoms with Crippen LogP contribution in [-0.2, 0) is 0 Å². The molecule has 1 aliphatic rings. The zero-order valence-corrected chi connectivity index (χ0v) is 11.4. The molecule has 2 rings (SSSR count). The van der Waals surface area contributed by atoms with Crippen LogP contribution in [0.5, 0.6) is 0 Å². The molecule has 0 aromatic carbocycles. The summed E-state index contributed by atoms with van der Waals surface area (Å²) in [6, 6.07) is 3.73. The highest BCUT2D eigenvalue weighted by atomic mass is 16.3. The van der Waals surface area contributed by atoms with Crippen molar-refractivity contribution in [3.8, 4) is 6.07 Å². The first kappa shape index (κ1) is 14.6. The van der Waals surface area contributed by atoms with Crippen molar-refractivity contribution in [2.45, 2.75) is 25.3 Å². The van der Waals surface area contributed by atoms with Crippen molar-refractivity contribution < 1.29 is 9.90 Å². The number of carbonyl (C=O) groups is 1. The van der Waals surface area contributed by atoms with E-state index in [1.807, 2.05) is 6.07 Å². The van der Waals surface area contributed by atoms with Crippen LogP contribution < -0.4 is 5.32 Å². The average molecular weight is 276 g/mol. The van der Waals surface area contributed by atoms with E-state index in [2.05, 4.69) is 15.2 Å². The van der Waals surface area contributed by atoms with Crippen molar-refractivity contribution in [1.82, 2.24) is 15.2 Å². The van der Waals surface area contributed by atoms with Gasteiger partial charge in [0.25, 0.3) is 5.91 Å². The number of piperidine rings is 1. The highest BCUT2D eigenvalue weighted by Crippen LogP contribution is 2.15. The number of nitrogens with zero attached hydrogens (tertiary/aromatic N) is 2. The largest absolute Gasteiger partial charge is 0.395 e. The number of aromatic amines is 1. The van der Waals surface area contributed by atoms with Crippen LogP contribution in [0.15, 0.2) is 12.3 Å². The zero-order valence-electron chi connectivity index (χ0n) is 11.4. The molecule has 0 bridgehead atoms. The Morgan fingerprint density at radius 3 is 3.15 bits per heavy atom. The third-order valence-corrected chi connectivity index (χ3v) is 3.70. The predicted molar refractivity (Wildman–Crippen MR) is 74.1 cm³/mol. The highest BCUT2D eigenvalue weighted by molar-refractivity contribution is 5.92. The number of rotatable bonds is 5. The van der Waals surface area contributed by atoms with E-state index in [1.54, 1.807) is 0 Å². The third kappa shape index (κ3) is 3.59. The van der Waals surface area contributed by atoms with E-state index in [0.717, 1.165) is 32.4 Å². The van der Waals surface area contributed by atoms with Crippen LogP contribution in [-0.4, -0.2) is 53.2 Å². The average Bonchev–Trinajstić information content (AvgIpc) is 2.96. The molecule has 1 aromatic heterocycles. The van der Waals surface area contributed by atoms with Gasteiger partial charge in [0.2, 0.25) is 0 Å². The number of amides is 1. The molecule has 1 aromatic rings. The Labute approximate surface area is 118 Å². The normalized spacial score (nSPS) is 19.5. The molecule has 0 radical (unpaired) electrons. The second-order valence-electron chi connectivity index (χ2n) is 5.04. The first-order valence-electron chi connectivity index (χ1n) is 6.96. The molecule has 1 fully saturated rings. The minimum absolute atomic E-state index is 0.177. The summed E-state index contributed by atoms with van der Waals surface area (Å²) < 4.78 is 0. The van der Waals surface area contributed by atoms with Gasteiger partial charge in [-0.1, -0.05) is 6.42 Å². The molecule has 0 unspecified atom stereocenters. The number of hydrogen-bond donors (Lipinski definition) is 3. The third-order valence-electron chi connectivity index (χ3n) is 3.70. The summed E-state index contributed by atoms with van der Waals surface area (Å²) in [5, 5.41) is 20.8. The van der Waals surface area contributed by atoms with E-state index in [0.29, 0.717) is 17.8 Å². The SMILES string of the molecule is N#Cc1c[nH]c(C(=O)NCCN2CCCC[C@@H]2CO)c1. The molecular weight excluding hydrogens is 256 g/mol. The number of likely N-dealkylation sites (tertiary alicyclic amines) is 1. The summed E-state index contributed by atoms with van der Waals surface area (Å²) in [7, 11) is 0. The molecule has 20 heavy (non-hydrogen) atoms. The molecule has 1 atom stereocenters. The lowest BCUT2D eigenvalue weighted by Crippen LogP contribution is -2.45. The maximum absolute atomic E-state index is 11.8. The fourth-order valence-electron chi connectivity index (χ4n) is 2.56. The van der Waals surface area contributed by atoms with Crippen LogP contribution >= 0.6 is 0 Å². The Morgan fingerprint density at radius 1 is 1.60 bits per heavy atom. The van der Waals surface area contributed by atoms with E-state index >= 15 is 0 Å². The molecule has 2 heterocycles. The van der Waals surface area contributed by atoms with Crippen LogP contribution in [0.25, 0.3) is 0 Å². The fraction of sp³-hybridized carbons (Fsp3) is 0.571. The fourth-order valence-corrected chi connectivity index (χ4v) is 2.56. The standard InChI is InChI=1S/C14H20N4O2/c15-8-11-7-13(17-9-11)14(20)16-4-6-18-5-2-1-3-12(18)10-19/h7,9,12,17,19H,1-6,10H2,(H,16,20)/t12-/m1/s1. The zero-order chi connectivity index (χ0) is 14.4. The topological polar surface area (TPSA) is 92.1 Å². The smallest absolute Gasteiger partial charge is 0.267 e. The van der Waals surface area contributed by atoms with Gasteiger partial charge in [-0.05, 0) is 25.5 Å². The van der Waals surface area contributed by atoms with E-state index in [4.69, 9.17) is 5.26 Å². The van der Waals surface area contributed by atoms with Gasteiger partial charge >= 0.3 is 0 Å². The van der Waals surface area contributed by atoms with Gasteiger partial charge in [0, 0.05) is 25.3 Å². The molecule has 1 aliphatic heterocycles. The van der Waals surface area contributed by atoms with Gasteiger partial charge in [-0.15, -0.1) is 0 Å². The number of H-pyrrole nitrogens is 1. The Balaban J connectivity index is 1.77. The lowest BCUT2D eigenvalue weighted by Gasteiger charge is -2.34. The van der Waals surface area contributed by atoms with Crippen molar-refractivity contribution in [2.24, 2.45) is 0 Å². The van der Waals surface area contributed by atoms with Crippen molar-refractivity contribution in [2.75, 3.05) is 26.2 Å². The van der Waals surface area contributed by atoms with Gasteiger partial charge in [0.05, 0.1) is 12.2 Å². The minimum atomic E-state index is -0.205. The van der Waals surface area contributed by atoms with Gasteiger partial charge in [-0.25, -0.2) is 0 Å². The number of aromatic nitrogens is 1. The first-order chi connectivity index (χ1) is 9.74. The first-order valence-corrected chi connectivity index (χ1v) is 6.96. The van der Waals surface area contributed by atoms with E-state index < -0.39 is 0 Å². The second-order valence-corrected chi connectivity index (χ2v) is 5.04. The number of hydrogen-bond acceptors (Lipinski definition) is 4. The van der Waals surface area contributed by atoms with Gasteiger partial charge < -0.3 is 15.4 Å². The summed E-state index contributed by atoms with van der Waals surface area (Å²) in [5.41, 5.74) is 0.852. The second kappa shape index (κ2) is 7.08. The van der Waals surface area contributed by atoms with Gasteiger partial charge in [-0.3, -0.25) is 9.69 Å². The highest BCUT2D eigenvalue weighted by Gasteiger charge is 2.21. The van der Waals surface area contributed by atoms with Crippen LogP contribution in [0.3, 0.4) is 0 Å². The molecule has 0 saturated carbocycles. The van der Waals surface area contributed by atoms with Crippen molar-refractivity contribution in [3.63, 3.8) is 0 Å². The van der Waals surface area contributed by atoms with E-state index in [1.165, 1.54) is 12.3 Å². The maximum atomic E-state index is 11.8. The number of aliphatic hydroxyl groups excluding tert-OH is 1. The maximum Gasteiger partial charge on any atom is 0.267 e. The summed E-state index contributed by atoms with van der Waals surface area (Å²) in [4.78, 5) is 16.8. The van der Waals surface area contributed by atoms with E-state index in [9.17, 15) is 9.90 Å². The van der Waals surface area contributed by atoms with Gasteiger partial charge in [-0.2, -0.15) is 5.26 Å². The van der Waals surface area contributed by atoms with Gasteiger partial charge in [0.1, 0.15) is 11.8 Å². The predicted octanol–water partition coefficient (Wildman–Crippen LogP) is 0.463. The Bertz CT molecular complexity index is 492. The number of nitriles is 1. The Morgan fingerprint density at radius 2 is 2.45 bits per heavy atom. The molecule has 3 N–H and O–H groups in total. The van der Waals surface area contributed by atoms with E-state index in [-0.39, 0.29) is 18.6 Å². The van der Waals surface area contributed by atoms with Crippen LogP contribution in [0.4, 0.5) is 0 Å². The summed E-state index contributed by atoms with van der Waals surface area (Å²) in [6.07, 6.45) is 4.84.